The van der Waals surface area contributed by atoms with Gasteiger partial charge in [-0.1, -0.05) is 0 Å². The first-order valence-corrected chi connectivity index (χ1v) is 7.48. The number of piperidine rings is 2. The predicted octanol–water partition coefficient (Wildman–Crippen LogP) is 0.681. The van der Waals surface area contributed by atoms with Gasteiger partial charge in [0.1, 0.15) is 0 Å². The summed E-state index contributed by atoms with van der Waals surface area (Å²) in [5, 5.41) is 3.33. The molecule has 3 rings (SSSR count). The van der Waals surface area contributed by atoms with Crippen molar-refractivity contribution in [1.82, 2.24) is 15.1 Å². The Morgan fingerprint density at radius 2 is 2.06 bits per heavy atom. The van der Waals surface area contributed by atoms with Gasteiger partial charge in [0, 0.05) is 19.1 Å². The van der Waals surface area contributed by atoms with Crippen molar-refractivity contribution in [2.24, 2.45) is 5.92 Å². The first kappa shape index (κ1) is 12.4. The van der Waals surface area contributed by atoms with Crippen molar-refractivity contribution in [2.75, 3.05) is 33.2 Å². The minimum absolute atomic E-state index is 0.114. The van der Waals surface area contributed by atoms with Crippen molar-refractivity contribution in [2.45, 2.75) is 44.2 Å². The molecule has 0 radical (unpaired) electrons. The van der Waals surface area contributed by atoms with Crippen molar-refractivity contribution < 1.29 is 4.79 Å². The summed E-state index contributed by atoms with van der Waals surface area (Å²) >= 11 is 0. The number of hydrogen-bond donors (Lipinski definition) is 1. The van der Waals surface area contributed by atoms with Crippen molar-refractivity contribution >= 4 is 5.91 Å². The first-order valence-electron chi connectivity index (χ1n) is 7.48. The van der Waals surface area contributed by atoms with E-state index in [0.717, 1.165) is 38.5 Å². The van der Waals surface area contributed by atoms with E-state index in [1.54, 1.807) is 0 Å². The van der Waals surface area contributed by atoms with Gasteiger partial charge in [0.05, 0.1) is 6.04 Å². The third-order valence-corrected chi connectivity index (χ3v) is 5.02. The summed E-state index contributed by atoms with van der Waals surface area (Å²) in [5.41, 5.74) is 0. The fourth-order valence-electron chi connectivity index (χ4n) is 3.97. The molecule has 102 valence electrons. The van der Waals surface area contributed by atoms with Crippen molar-refractivity contribution in [3.8, 4) is 0 Å². The normalized spacial score (nSPS) is 37.6. The highest BCUT2D eigenvalue weighted by Crippen LogP contribution is 2.30. The van der Waals surface area contributed by atoms with Crippen LogP contribution in [0.5, 0.6) is 0 Å². The molecule has 0 saturated carbocycles. The lowest BCUT2D eigenvalue weighted by Gasteiger charge is -2.46. The lowest BCUT2D eigenvalue weighted by molar-refractivity contribution is -0.136. The van der Waals surface area contributed by atoms with E-state index in [0.29, 0.717) is 11.8 Å². The second-order valence-corrected chi connectivity index (χ2v) is 6.17. The SMILES string of the molecule is CN1CCCC2CN(C(=O)C3CCCN3)CCC21. The lowest BCUT2D eigenvalue weighted by atomic mass is 9.84. The third kappa shape index (κ3) is 2.28. The third-order valence-electron chi connectivity index (χ3n) is 5.02. The van der Waals surface area contributed by atoms with Gasteiger partial charge in [-0.3, -0.25) is 4.79 Å². The van der Waals surface area contributed by atoms with Crippen molar-refractivity contribution in [3.05, 3.63) is 0 Å². The van der Waals surface area contributed by atoms with Gasteiger partial charge in [0.2, 0.25) is 5.91 Å². The van der Waals surface area contributed by atoms with E-state index in [4.69, 9.17) is 0 Å². The molecule has 0 aromatic heterocycles. The molecule has 3 aliphatic heterocycles. The van der Waals surface area contributed by atoms with Crippen LogP contribution < -0.4 is 5.32 Å². The molecule has 3 fully saturated rings. The second-order valence-electron chi connectivity index (χ2n) is 6.17. The summed E-state index contributed by atoms with van der Waals surface area (Å²) in [6.07, 6.45) is 5.94. The van der Waals surface area contributed by atoms with Crippen LogP contribution in [0.4, 0.5) is 0 Å². The molecule has 18 heavy (non-hydrogen) atoms. The zero-order chi connectivity index (χ0) is 12.5. The second kappa shape index (κ2) is 5.17. The number of fused-ring (bicyclic) bond motifs is 1. The number of hydrogen-bond acceptors (Lipinski definition) is 3. The van der Waals surface area contributed by atoms with Crippen LogP contribution in [-0.2, 0) is 4.79 Å². The van der Waals surface area contributed by atoms with Crippen LogP contribution in [0.3, 0.4) is 0 Å². The summed E-state index contributed by atoms with van der Waals surface area (Å²) in [7, 11) is 2.24. The quantitative estimate of drug-likeness (QED) is 0.744. The summed E-state index contributed by atoms with van der Waals surface area (Å²) in [5.74, 6) is 1.07. The van der Waals surface area contributed by atoms with E-state index in [9.17, 15) is 4.79 Å². The highest BCUT2D eigenvalue weighted by molar-refractivity contribution is 5.82. The summed E-state index contributed by atoms with van der Waals surface area (Å²) < 4.78 is 0. The Kier molecular flexibility index (Phi) is 3.57. The van der Waals surface area contributed by atoms with E-state index < -0.39 is 0 Å². The molecule has 3 saturated heterocycles. The van der Waals surface area contributed by atoms with E-state index in [1.807, 2.05) is 0 Å². The highest BCUT2D eigenvalue weighted by atomic mass is 16.2. The summed E-state index contributed by atoms with van der Waals surface area (Å²) in [4.78, 5) is 17.0. The van der Waals surface area contributed by atoms with Gasteiger partial charge >= 0.3 is 0 Å². The van der Waals surface area contributed by atoms with Gasteiger partial charge in [-0.15, -0.1) is 0 Å². The molecule has 0 aromatic carbocycles. The molecule has 0 spiro atoms. The largest absolute Gasteiger partial charge is 0.341 e. The Bertz CT molecular complexity index is 314. The average molecular weight is 251 g/mol. The zero-order valence-corrected chi connectivity index (χ0v) is 11.4. The van der Waals surface area contributed by atoms with Gasteiger partial charge in [-0.05, 0) is 58.2 Å². The molecule has 0 aromatic rings. The van der Waals surface area contributed by atoms with Crippen molar-refractivity contribution in [1.29, 1.82) is 0 Å². The molecule has 1 amide bonds. The standard InChI is InChI=1S/C14H25N3O/c1-16-8-3-4-11-10-17(9-6-13(11)16)14(18)12-5-2-7-15-12/h11-13,15H,2-10H2,1H3. The Balaban J connectivity index is 1.61. The van der Waals surface area contributed by atoms with Crippen LogP contribution in [0.25, 0.3) is 0 Å². The van der Waals surface area contributed by atoms with E-state index in [2.05, 4.69) is 22.2 Å². The smallest absolute Gasteiger partial charge is 0.239 e. The molecule has 3 heterocycles. The molecule has 3 aliphatic rings. The minimum Gasteiger partial charge on any atom is -0.341 e. The average Bonchev–Trinajstić information content (AvgIpc) is 2.91. The Hall–Kier alpha value is -0.610. The topological polar surface area (TPSA) is 35.6 Å². The zero-order valence-electron chi connectivity index (χ0n) is 11.4. The number of amides is 1. The molecule has 1 N–H and O–H groups in total. The maximum Gasteiger partial charge on any atom is 0.239 e. The van der Waals surface area contributed by atoms with Gasteiger partial charge < -0.3 is 15.1 Å². The van der Waals surface area contributed by atoms with Gasteiger partial charge in [-0.2, -0.15) is 0 Å². The fourth-order valence-corrected chi connectivity index (χ4v) is 3.97. The van der Waals surface area contributed by atoms with Gasteiger partial charge in [0.15, 0.2) is 0 Å². The number of rotatable bonds is 1. The van der Waals surface area contributed by atoms with Crippen LogP contribution in [0.15, 0.2) is 0 Å². The predicted molar refractivity (Wildman–Crippen MR) is 71.4 cm³/mol. The molecule has 0 bridgehead atoms. The van der Waals surface area contributed by atoms with Crippen LogP contribution in [0.2, 0.25) is 0 Å². The molecule has 3 unspecified atom stereocenters. The molecule has 0 aliphatic carbocycles. The van der Waals surface area contributed by atoms with Crippen LogP contribution in [0.1, 0.15) is 32.1 Å². The van der Waals surface area contributed by atoms with E-state index >= 15 is 0 Å². The molecule has 3 atom stereocenters. The van der Waals surface area contributed by atoms with Crippen LogP contribution in [0, 0.1) is 5.92 Å². The number of carbonyl (C=O) groups excluding carboxylic acids is 1. The van der Waals surface area contributed by atoms with Crippen molar-refractivity contribution in [3.63, 3.8) is 0 Å². The number of nitrogens with zero attached hydrogens (tertiary/aromatic N) is 2. The van der Waals surface area contributed by atoms with Crippen LogP contribution >= 0.6 is 0 Å². The highest BCUT2D eigenvalue weighted by Gasteiger charge is 2.37. The summed E-state index contributed by atoms with van der Waals surface area (Å²) in [6.45, 7) is 4.20. The van der Waals surface area contributed by atoms with E-state index in [1.165, 1.54) is 25.8 Å². The van der Waals surface area contributed by atoms with Gasteiger partial charge in [0.25, 0.3) is 0 Å². The molecule has 4 heteroatoms. The minimum atomic E-state index is 0.114. The maximum absolute atomic E-state index is 12.4. The van der Waals surface area contributed by atoms with Crippen LogP contribution in [-0.4, -0.2) is 61.0 Å². The monoisotopic (exact) mass is 251 g/mol. The Morgan fingerprint density at radius 1 is 1.17 bits per heavy atom. The maximum atomic E-state index is 12.4. The Morgan fingerprint density at radius 3 is 2.83 bits per heavy atom. The number of carbonyl (C=O) groups is 1. The first-order chi connectivity index (χ1) is 8.75. The van der Waals surface area contributed by atoms with Gasteiger partial charge in [-0.25, -0.2) is 0 Å². The number of nitrogens with one attached hydrogen (secondary N) is 1. The Labute approximate surface area is 110 Å². The number of likely N-dealkylation sites (tertiary alicyclic amines) is 2. The fraction of sp³-hybridized carbons (Fsp3) is 0.929. The molecule has 4 nitrogen and oxygen atoms in total. The molecular formula is C14H25N3O. The lowest BCUT2D eigenvalue weighted by Crippen LogP contribution is -2.56. The van der Waals surface area contributed by atoms with E-state index in [-0.39, 0.29) is 6.04 Å². The summed E-state index contributed by atoms with van der Waals surface area (Å²) in [6, 6.07) is 0.835. The molecular weight excluding hydrogens is 226 g/mol.